The Bertz CT molecular complexity index is 2710. The molecule has 2 aromatic carbocycles. The summed E-state index contributed by atoms with van der Waals surface area (Å²) >= 11 is 0. The summed E-state index contributed by atoms with van der Waals surface area (Å²) in [6.07, 6.45) is 8.13. The molecule has 6 atom stereocenters. The number of aryl methyl sites for hydroxylation is 1. The van der Waals surface area contributed by atoms with Crippen LogP contribution >= 0.6 is 0 Å². The second-order valence-electron chi connectivity index (χ2n) is 18.1. The van der Waals surface area contributed by atoms with Crippen LogP contribution in [0.5, 0.6) is 17.2 Å². The fourth-order valence-electron chi connectivity index (χ4n) is 11.3. The van der Waals surface area contributed by atoms with E-state index in [1.807, 2.05) is 44.3 Å². The average molecular weight is 873 g/mol. The molecule has 14 heteroatoms. The second kappa shape index (κ2) is 16.9. The first-order valence-electron chi connectivity index (χ1n) is 22.4. The topological polar surface area (TPSA) is 231 Å². The van der Waals surface area contributed by atoms with E-state index in [0.29, 0.717) is 61.8 Å². The van der Waals surface area contributed by atoms with Gasteiger partial charge < -0.3 is 50.5 Å². The van der Waals surface area contributed by atoms with Crippen LogP contribution in [0.2, 0.25) is 0 Å². The van der Waals surface area contributed by atoms with Crippen molar-refractivity contribution in [2.75, 3.05) is 24.2 Å². The minimum absolute atomic E-state index is 0.00212. The zero-order valence-corrected chi connectivity index (χ0v) is 36.4. The van der Waals surface area contributed by atoms with E-state index in [9.17, 15) is 35.1 Å². The molecule has 3 aromatic heterocycles. The highest BCUT2D eigenvalue weighted by Crippen LogP contribution is 2.58. The molecular weight excluding hydrogens is 817 g/mol. The molecule has 4 aliphatic rings. The maximum absolute atomic E-state index is 14.6. The van der Waals surface area contributed by atoms with Gasteiger partial charge in [0.15, 0.2) is 5.43 Å². The van der Waals surface area contributed by atoms with Crippen LogP contribution in [0.4, 0.5) is 11.6 Å². The molecule has 5 heterocycles. The standard InChI is InChI=1S/C50H56N4O10/c1-4-36(50(61)15-6-7-16-50)48(60)63-38-22-34-44(59)42-37(58)21-31(24-55)62-46(42)43-41-32-14-17-53-47(51)40(32)28(10-9-27-11-12-30(57)20-33(27)35(41)25-56)19-29(49(38,3)64-45(34)43)18-26-8-13-39(52-5-2)54-23-26/h4,8,11-14,17,20-21,23,28-29,35,38,41,55-57,59,61H,5-7,9-10,15-16,18-19,22,24-25H2,1-3H3,(H2,51,53)(H,52,54)/b36-4+/t28-,29+,35+,38+,41+,49-/m0/s1. The minimum Gasteiger partial charge on any atom is -0.508 e. The number of nitrogens with two attached hydrogens (primary N) is 1. The maximum atomic E-state index is 14.6. The fourth-order valence-corrected chi connectivity index (χ4v) is 11.3. The molecule has 2 aliphatic carbocycles. The van der Waals surface area contributed by atoms with Crippen molar-refractivity contribution >= 4 is 28.6 Å². The molecule has 0 amide bonds. The van der Waals surface area contributed by atoms with Crippen molar-refractivity contribution in [1.82, 2.24) is 9.97 Å². The maximum Gasteiger partial charge on any atom is 0.337 e. The molecule has 9 rings (SSSR count). The Morgan fingerprint density at radius 2 is 1.86 bits per heavy atom. The Labute approximate surface area is 370 Å². The van der Waals surface area contributed by atoms with Crippen molar-refractivity contribution < 1.29 is 44.2 Å². The van der Waals surface area contributed by atoms with Gasteiger partial charge in [-0.15, -0.1) is 0 Å². The summed E-state index contributed by atoms with van der Waals surface area (Å²) in [5, 5.41) is 60.3. The lowest BCUT2D eigenvalue weighted by atomic mass is 9.67. The lowest BCUT2D eigenvalue weighted by molar-refractivity contribution is -0.167. The van der Waals surface area contributed by atoms with Gasteiger partial charge in [-0.1, -0.05) is 31.1 Å². The highest BCUT2D eigenvalue weighted by molar-refractivity contribution is 5.93. The zero-order valence-electron chi connectivity index (χ0n) is 36.4. The number of nitrogens with zero attached hydrogens (tertiary/aromatic N) is 2. The van der Waals surface area contributed by atoms with E-state index in [0.717, 1.165) is 41.4 Å². The van der Waals surface area contributed by atoms with Crippen molar-refractivity contribution in [3.8, 4) is 17.2 Å². The molecule has 0 radical (unpaired) electrons. The lowest BCUT2D eigenvalue weighted by Gasteiger charge is -2.49. The summed E-state index contributed by atoms with van der Waals surface area (Å²) in [5.41, 5.74) is 8.13. The molecule has 2 aliphatic heterocycles. The van der Waals surface area contributed by atoms with E-state index in [1.54, 1.807) is 31.3 Å². The monoisotopic (exact) mass is 872 g/mol. The number of aromatic hydroxyl groups is 2. The van der Waals surface area contributed by atoms with Crippen LogP contribution in [0.3, 0.4) is 0 Å². The largest absolute Gasteiger partial charge is 0.508 e. The molecule has 5 aromatic rings. The number of nitrogens with one attached hydrogen (secondary N) is 1. The number of aliphatic hydroxyl groups excluding tert-OH is 2. The number of allylic oxidation sites excluding steroid dienone is 1. The molecule has 4 bridgehead atoms. The third-order valence-electron chi connectivity index (χ3n) is 14.5. The summed E-state index contributed by atoms with van der Waals surface area (Å²) in [6, 6.07) is 12.1. The smallest absolute Gasteiger partial charge is 0.337 e. The van der Waals surface area contributed by atoms with Crippen molar-refractivity contribution in [3.05, 3.63) is 121 Å². The van der Waals surface area contributed by atoms with Crippen molar-refractivity contribution in [1.29, 1.82) is 0 Å². The summed E-state index contributed by atoms with van der Waals surface area (Å²) in [5.74, 6) is -2.47. The third-order valence-corrected chi connectivity index (χ3v) is 14.5. The number of phenolic OH excluding ortho intramolecular Hbond substituents is 2. The second-order valence-corrected chi connectivity index (χ2v) is 18.1. The number of phenols is 2. The Morgan fingerprint density at radius 1 is 1.06 bits per heavy atom. The van der Waals surface area contributed by atoms with E-state index in [1.165, 1.54) is 0 Å². The normalized spacial score (nSPS) is 24.7. The quantitative estimate of drug-likeness (QED) is 0.0615. The van der Waals surface area contributed by atoms with Gasteiger partial charge >= 0.3 is 5.97 Å². The van der Waals surface area contributed by atoms with Crippen LogP contribution in [-0.4, -0.2) is 71.9 Å². The van der Waals surface area contributed by atoms with Crippen LogP contribution < -0.4 is 21.2 Å². The molecule has 336 valence electrons. The van der Waals surface area contributed by atoms with Gasteiger partial charge in [0.1, 0.15) is 63.9 Å². The predicted octanol–water partition coefficient (Wildman–Crippen LogP) is 6.56. The van der Waals surface area contributed by atoms with Crippen LogP contribution in [0.15, 0.2) is 75.7 Å². The Morgan fingerprint density at radius 3 is 2.56 bits per heavy atom. The molecule has 1 saturated carbocycles. The van der Waals surface area contributed by atoms with Gasteiger partial charge in [-0.2, -0.15) is 0 Å². The van der Waals surface area contributed by atoms with Gasteiger partial charge in [0.05, 0.1) is 17.8 Å². The first-order valence-corrected chi connectivity index (χ1v) is 22.4. The number of hydrogen-bond donors (Lipinski definition) is 7. The van der Waals surface area contributed by atoms with Crippen molar-refractivity contribution in [2.45, 2.75) is 120 Å². The number of carbonyl (C=O) groups excluding carboxylic acids is 1. The van der Waals surface area contributed by atoms with Gasteiger partial charge in [-0.05, 0) is 112 Å². The van der Waals surface area contributed by atoms with Gasteiger partial charge in [-0.25, -0.2) is 14.8 Å². The molecular formula is C50H56N4O10. The Hall–Kier alpha value is -5.96. The van der Waals surface area contributed by atoms with Gasteiger partial charge in [0.2, 0.25) is 0 Å². The number of anilines is 2. The first-order chi connectivity index (χ1) is 30.8. The van der Waals surface area contributed by atoms with Crippen molar-refractivity contribution in [2.24, 2.45) is 5.92 Å². The summed E-state index contributed by atoms with van der Waals surface area (Å²) in [7, 11) is 0. The highest BCUT2D eigenvalue weighted by Gasteiger charge is 2.54. The third kappa shape index (κ3) is 7.25. The minimum atomic E-state index is -1.38. The molecule has 14 nitrogen and oxygen atoms in total. The van der Waals surface area contributed by atoms with Gasteiger partial charge in [-0.3, -0.25) is 4.79 Å². The van der Waals surface area contributed by atoms with Gasteiger partial charge in [0, 0.05) is 65.9 Å². The number of aromatic nitrogens is 2. The number of carbonyl (C=O) groups is 1. The van der Waals surface area contributed by atoms with Crippen LogP contribution in [-0.2, 0) is 35.4 Å². The number of esters is 1. The van der Waals surface area contributed by atoms with E-state index >= 15 is 0 Å². The Balaban J connectivity index is 1.37. The number of nitrogen functional groups attached to an aromatic ring is 1. The SMILES string of the molecule is C/C=C(\C(=O)O[C@@H]1Cc2c3c(c4oc(CO)cc(=O)c4c2O)[C@@H]2c4ccnc(N)c4[C@@H](CCc4ccc(O)cc4[C@H]2CO)C[C@@H](Cc2ccc(NCC)nc2)[C@]1(C)O3)C1(O)CCCC1. The van der Waals surface area contributed by atoms with Crippen LogP contribution in [0.25, 0.3) is 11.0 Å². The highest BCUT2D eigenvalue weighted by atomic mass is 16.6. The summed E-state index contributed by atoms with van der Waals surface area (Å²) in [6.45, 7) is 5.25. The zero-order chi connectivity index (χ0) is 45.1. The number of hydrogen-bond acceptors (Lipinski definition) is 14. The number of aliphatic hydroxyl groups is 3. The average Bonchev–Trinajstić information content (AvgIpc) is 3.73. The van der Waals surface area contributed by atoms with Crippen molar-refractivity contribution in [3.63, 3.8) is 0 Å². The number of fused-ring (bicyclic) bond motifs is 5. The number of benzene rings is 2. The molecule has 0 saturated heterocycles. The summed E-state index contributed by atoms with van der Waals surface area (Å²) in [4.78, 5) is 38.2. The lowest BCUT2D eigenvalue weighted by Crippen LogP contribution is -2.57. The molecule has 0 spiro atoms. The predicted molar refractivity (Wildman–Crippen MR) is 240 cm³/mol. The Kier molecular flexibility index (Phi) is 11.4. The van der Waals surface area contributed by atoms with Crippen LogP contribution in [0, 0.1) is 5.92 Å². The number of rotatable bonds is 9. The summed E-state index contributed by atoms with van der Waals surface area (Å²) < 4.78 is 20.6. The van der Waals surface area contributed by atoms with E-state index < -0.39 is 65.4 Å². The molecule has 8 N–H and O–H groups in total. The van der Waals surface area contributed by atoms with E-state index in [4.69, 9.17) is 24.6 Å². The molecule has 64 heavy (non-hydrogen) atoms. The van der Waals surface area contributed by atoms with Crippen LogP contribution in [0.1, 0.15) is 122 Å². The molecule has 1 fully saturated rings. The molecule has 0 unspecified atom stereocenters. The fraction of sp³-hybridized carbons (Fsp3) is 0.440. The van der Waals surface area contributed by atoms with E-state index in [2.05, 4.69) is 10.3 Å². The number of pyridine rings is 2. The first kappa shape index (κ1) is 43.3. The van der Waals surface area contributed by atoms with E-state index in [-0.39, 0.29) is 57.5 Å². The number of ether oxygens (including phenoxy) is 2. The van der Waals surface area contributed by atoms with Gasteiger partial charge in [0.25, 0.3) is 0 Å².